The van der Waals surface area contributed by atoms with E-state index >= 15 is 0 Å². The van der Waals surface area contributed by atoms with Crippen LogP contribution >= 0.6 is 0 Å². The number of benzene rings is 2. The maximum absolute atomic E-state index is 6.07. The van der Waals surface area contributed by atoms with Gasteiger partial charge in [0.05, 0.1) is 21.3 Å². The van der Waals surface area contributed by atoms with Crippen molar-refractivity contribution in [3.8, 4) is 17.2 Å². The van der Waals surface area contributed by atoms with Crippen LogP contribution in [0.15, 0.2) is 42.5 Å². The molecule has 0 spiro atoms. The van der Waals surface area contributed by atoms with Crippen LogP contribution in [0.3, 0.4) is 0 Å². The van der Waals surface area contributed by atoms with Crippen LogP contribution in [0.1, 0.15) is 17.0 Å². The van der Waals surface area contributed by atoms with Crippen molar-refractivity contribution in [2.45, 2.75) is 12.5 Å². The van der Waals surface area contributed by atoms with Gasteiger partial charge in [-0.3, -0.25) is 4.90 Å². The summed E-state index contributed by atoms with van der Waals surface area (Å²) in [4.78, 5) is 2.44. The third-order valence-electron chi connectivity index (χ3n) is 5.23. The second-order valence-corrected chi connectivity index (χ2v) is 6.73. The second-order valence-electron chi connectivity index (χ2n) is 6.73. The zero-order valence-corrected chi connectivity index (χ0v) is 15.8. The summed E-state index contributed by atoms with van der Waals surface area (Å²) in [7, 11) is 4.97. The van der Waals surface area contributed by atoms with Gasteiger partial charge in [0.1, 0.15) is 5.75 Å². The summed E-state index contributed by atoms with van der Waals surface area (Å²) in [5, 5.41) is 0. The first kappa shape index (κ1) is 18.5. The van der Waals surface area contributed by atoms with Crippen LogP contribution in [-0.2, 0) is 6.54 Å². The van der Waals surface area contributed by atoms with Crippen molar-refractivity contribution in [3.05, 3.63) is 53.6 Å². The van der Waals surface area contributed by atoms with Gasteiger partial charge in [-0.2, -0.15) is 0 Å². The Balaban J connectivity index is 1.81. The number of ether oxygens (including phenoxy) is 3. The van der Waals surface area contributed by atoms with Gasteiger partial charge in [0.2, 0.25) is 0 Å². The van der Waals surface area contributed by atoms with E-state index in [1.165, 1.54) is 5.56 Å². The van der Waals surface area contributed by atoms with Crippen molar-refractivity contribution < 1.29 is 14.2 Å². The van der Waals surface area contributed by atoms with Gasteiger partial charge in [-0.15, -0.1) is 0 Å². The quantitative estimate of drug-likeness (QED) is 0.827. The number of nitrogens with zero attached hydrogens (tertiary/aromatic N) is 1. The molecule has 0 unspecified atom stereocenters. The largest absolute Gasteiger partial charge is 0.496 e. The first-order chi connectivity index (χ1) is 12.7. The fourth-order valence-electron chi connectivity index (χ4n) is 3.86. The fourth-order valence-corrected chi connectivity index (χ4v) is 3.86. The highest BCUT2D eigenvalue weighted by Crippen LogP contribution is 2.37. The lowest BCUT2D eigenvalue weighted by atomic mass is 9.89. The molecule has 0 radical (unpaired) electrons. The van der Waals surface area contributed by atoms with E-state index in [-0.39, 0.29) is 0 Å². The van der Waals surface area contributed by atoms with Crippen molar-refractivity contribution in [1.82, 2.24) is 4.90 Å². The van der Waals surface area contributed by atoms with E-state index in [1.54, 1.807) is 21.3 Å². The lowest BCUT2D eigenvalue weighted by molar-refractivity contribution is 0.304. The Kier molecular flexibility index (Phi) is 6.01. The number of hydrogen-bond donors (Lipinski definition) is 1. The highest BCUT2D eigenvalue weighted by molar-refractivity contribution is 5.50. The summed E-state index contributed by atoms with van der Waals surface area (Å²) in [5.41, 5.74) is 8.53. The standard InChI is InChI=1S/C21H28N2O3/c1-24-19-10-21(26-3)20(25-2)9-16(19)12-23-13-17(11-22)18(14-23)15-7-5-4-6-8-15/h4-10,17-18H,11-14,22H2,1-3H3/t17-,18+/m1/s1. The average Bonchev–Trinajstić information content (AvgIpc) is 3.11. The Morgan fingerprint density at radius 1 is 0.923 bits per heavy atom. The Hall–Kier alpha value is -2.24. The van der Waals surface area contributed by atoms with Crippen LogP contribution in [0, 0.1) is 5.92 Å². The van der Waals surface area contributed by atoms with Gasteiger partial charge in [-0.05, 0) is 24.1 Å². The first-order valence-electron chi connectivity index (χ1n) is 8.96. The summed E-state index contributed by atoms with van der Waals surface area (Å²) in [6.07, 6.45) is 0. The first-order valence-corrected chi connectivity index (χ1v) is 8.96. The minimum atomic E-state index is 0.462. The van der Waals surface area contributed by atoms with Crippen LogP contribution < -0.4 is 19.9 Å². The van der Waals surface area contributed by atoms with Gasteiger partial charge in [-0.1, -0.05) is 30.3 Å². The molecule has 5 nitrogen and oxygen atoms in total. The average molecular weight is 356 g/mol. The van der Waals surface area contributed by atoms with Crippen molar-refractivity contribution in [3.63, 3.8) is 0 Å². The Morgan fingerprint density at radius 2 is 1.58 bits per heavy atom. The lowest BCUT2D eigenvalue weighted by Gasteiger charge is -2.19. The van der Waals surface area contributed by atoms with Gasteiger partial charge in [0, 0.05) is 37.2 Å². The Labute approximate surface area is 155 Å². The number of hydrogen-bond acceptors (Lipinski definition) is 5. The highest BCUT2D eigenvalue weighted by atomic mass is 16.5. The van der Waals surface area contributed by atoms with E-state index in [4.69, 9.17) is 19.9 Å². The van der Waals surface area contributed by atoms with Crippen molar-refractivity contribution in [2.24, 2.45) is 11.7 Å². The topological polar surface area (TPSA) is 57.0 Å². The van der Waals surface area contributed by atoms with E-state index in [0.717, 1.165) is 36.7 Å². The maximum Gasteiger partial charge on any atom is 0.164 e. The molecule has 1 saturated heterocycles. The highest BCUT2D eigenvalue weighted by Gasteiger charge is 2.33. The number of likely N-dealkylation sites (tertiary alicyclic amines) is 1. The van der Waals surface area contributed by atoms with Crippen LogP contribution in [0.2, 0.25) is 0 Å². The summed E-state index contributed by atoms with van der Waals surface area (Å²) < 4.78 is 16.4. The predicted molar refractivity (Wildman–Crippen MR) is 103 cm³/mol. The molecule has 140 valence electrons. The summed E-state index contributed by atoms with van der Waals surface area (Å²) >= 11 is 0. The molecule has 1 heterocycles. The minimum absolute atomic E-state index is 0.462. The van der Waals surface area contributed by atoms with E-state index < -0.39 is 0 Å². The normalized spacial score (nSPS) is 20.2. The molecule has 3 rings (SSSR count). The van der Waals surface area contributed by atoms with Crippen LogP contribution in [-0.4, -0.2) is 45.9 Å². The molecule has 0 saturated carbocycles. The molecule has 0 amide bonds. The fraction of sp³-hybridized carbons (Fsp3) is 0.429. The molecule has 1 aliphatic rings. The zero-order valence-electron chi connectivity index (χ0n) is 15.8. The molecular formula is C21H28N2O3. The van der Waals surface area contributed by atoms with E-state index in [9.17, 15) is 0 Å². The second kappa shape index (κ2) is 8.43. The summed E-state index contributed by atoms with van der Waals surface area (Å²) in [6.45, 7) is 3.46. The van der Waals surface area contributed by atoms with E-state index in [0.29, 0.717) is 24.1 Å². The molecule has 2 atom stereocenters. The minimum Gasteiger partial charge on any atom is -0.496 e. The van der Waals surface area contributed by atoms with Crippen LogP contribution in [0.5, 0.6) is 17.2 Å². The molecule has 2 aromatic carbocycles. The van der Waals surface area contributed by atoms with Gasteiger partial charge in [0.25, 0.3) is 0 Å². The SMILES string of the molecule is COc1cc(OC)c(OC)cc1CN1C[C@@H](CN)[C@H](c2ccccc2)C1. The molecule has 0 bridgehead atoms. The molecular weight excluding hydrogens is 328 g/mol. The lowest BCUT2D eigenvalue weighted by Crippen LogP contribution is -2.23. The van der Waals surface area contributed by atoms with Gasteiger partial charge < -0.3 is 19.9 Å². The number of methoxy groups -OCH3 is 3. The predicted octanol–water partition coefficient (Wildman–Crippen LogP) is 2.89. The third kappa shape index (κ3) is 3.79. The van der Waals surface area contributed by atoms with E-state index in [2.05, 4.69) is 35.2 Å². The molecule has 1 aliphatic heterocycles. The Bertz CT molecular complexity index is 721. The van der Waals surface area contributed by atoms with Crippen LogP contribution in [0.4, 0.5) is 0 Å². The molecule has 1 fully saturated rings. The summed E-state index contributed by atoms with van der Waals surface area (Å²) in [5.74, 6) is 3.14. The summed E-state index contributed by atoms with van der Waals surface area (Å²) in [6, 6.07) is 14.6. The zero-order chi connectivity index (χ0) is 18.5. The number of rotatable bonds is 7. The molecule has 26 heavy (non-hydrogen) atoms. The molecule has 2 N–H and O–H groups in total. The molecule has 2 aromatic rings. The van der Waals surface area contributed by atoms with Crippen molar-refractivity contribution in [1.29, 1.82) is 0 Å². The van der Waals surface area contributed by atoms with Crippen LogP contribution in [0.25, 0.3) is 0 Å². The Morgan fingerprint density at radius 3 is 2.19 bits per heavy atom. The molecule has 0 aromatic heterocycles. The molecule has 0 aliphatic carbocycles. The van der Waals surface area contributed by atoms with Gasteiger partial charge in [0.15, 0.2) is 11.5 Å². The van der Waals surface area contributed by atoms with Gasteiger partial charge >= 0.3 is 0 Å². The van der Waals surface area contributed by atoms with Crippen molar-refractivity contribution in [2.75, 3.05) is 41.0 Å². The van der Waals surface area contributed by atoms with E-state index in [1.807, 2.05) is 12.1 Å². The monoisotopic (exact) mass is 356 g/mol. The van der Waals surface area contributed by atoms with Crippen molar-refractivity contribution >= 4 is 0 Å². The maximum atomic E-state index is 6.07. The molecule has 5 heteroatoms. The number of nitrogens with two attached hydrogens (primary N) is 1. The smallest absolute Gasteiger partial charge is 0.164 e. The third-order valence-corrected chi connectivity index (χ3v) is 5.23. The van der Waals surface area contributed by atoms with Gasteiger partial charge in [-0.25, -0.2) is 0 Å².